The highest BCUT2D eigenvalue weighted by atomic mass is 16.3. The van der Waals surface area contributed by atoms with Crippen LogP contribution in [0.4, 0.5) is 0 Å². The summed E-state index contributed by atoms with van der Waals surface area (Å²) in [5.41, 5.74) is 12.1. The molecule has 0 unspecified atom stereocenters. The second kappa shape index (κ2) is 13.8. The molecule has 0 aliphatic heterocycles. The third-order valence-corrected chi connectivity index (χ3v) is 15.1. The van der Waals surface area contributed by atoms with Crippen molar-refractivity contribution in [2.45, 2.75) is 43.9 Å². The van der Waals surface area contributed by atoms with E-state index in [1.54, 1.807) is 0 Å². The molecule has 5 heteroatoms. The van der Waals surface area contributed by atoms with E-state index in [2.05, 4.69) is 133 Å². The van der Waals surface area contributed by atoms with Gasteiger partial charge in [0.05, 0.1) is 11.1 Å². The van der Waals surface area contributed by atoms with Crippen molar-refractivity contribution < 1.29 is 8.83 Å². The van der Waals surface area contributed by atoms with Crippen molar-refractivity contribution in [1.82, 2.24) is 15.0 Å². The Kier molecular flexibility index (Phi) is 7.80. The van der Waals surface area contributed by atoms with Crippen LogP contribution in [0.3, 0.4) is 0 Å². The number of aromatic nitrogens is 3. The molecule has 11 aromatic rings. The van der Waals surface area contributed by atoms with Crippen LogP contribution in [0.25, 0.3) is 111 Å². The van der Waals surface area contributed by atoms with Gasteiger partial charge in [-0.15, -0.1) is 0 Å². The van der Waals surface area contributed by atoms with E-state index in [4.69, 9.17) is 23.8 Å². The average Bonchev–Trinajstić information content (AvgIpc) is 3.92. The average molecular weight is 826 g/mol. The molecule has 15 rings (SSSR count). The molecule has 3 heterocycles. The zero-order valence-corrected chi connectivity index (χ0v) is 35.3. The Morgan fingerprint density at radius 2 is 0.859 bits per heavy atom. The Labute approximate surface area is 370 Å². The van der Waals surface area contributed by atoms with Crippen LogP contribution >= 0.6 is 0 Å². The van der Waals surface area contributed by atoms with Crippen LogP contribution in [-0.4, -0.2) is 15.0 Å². The van der Waals surface area contributed by atoms with Gasteiger partial charge >= 0.3 is 0 Å². The van der Waals surface area contributed by atoms with Crippen LogP contribution in [0.2, 0.25) is 0 Å². The predicted octanol–water partition coefficient (Wildman–Crippen LogP) is 15.6. The molecule has 0 radical (unpaired) electrons. The maximum absolute atomic E-state index is 6.60. The molecule has 3 aromatic heterocycles. The molecule has 64 heavy (non-hydrogen) atoms. The lowest BCUT2D eigenvalue weighted by Crippen LogP contribution is -2.48. The minimum atomic E-state index is 0.342. The summed E-state index contributed by atoms with van der Waals surface area (Å²) in [6.45, 7) is 0. The molecule has 4 fully saturated rings. The molecule has 0 spiro atoms. The zero-order valence-electron chi connectivity index (χ0n) is 35.3. The van der Waals surface area contributed by atoms with Gasteiger partial charge in [-0.1, -0.05) is 121 Å². The van der Waals surface area contributed by atoms with Crippen LogP contribution in [-0.2, 0) is 5.41 Å². The van der Waals surface area contributed by atoms with E-state index in [-0.39, 0.29) is 0 Å². The van der Waals surface area contributed by atoms with E-state index in [9.17, 15) is 0 Å². The van der Waals surface area contributed by atoms with Gasteiger partial charge in [0.2, 0.25) is 0 Å². The fourth-order valence-electron chi connectivity index (χ4n) is 12.5. The second-order valence-corrected chi connectivity index (χ2v) is 19.0. The van der Waals surface area contributed by atoms with Crippen LogP contribution in [0.1, 0.15) is 44.1 Å². The molecular formula is C59H43N3O2. The molecule has 306 valence electrons. The minimum absolute atomic E-state index is 0.342. The van der Waals surface area contributed by atoms with Crippen molar-refractivity contribution in [3.63, 3.8) is 0 Å². The van der Waals surface area contributed by atoms with Crippen molar-refractivity contribution in [2.75, 3.05) is 0 Å². The summed E-state index contributed by atoms with van der Waals surface area (Å²) in [5, 5.41) is 6.58. The van der Waals surface area contributed by atoms with E-state index in [1.807, 2.05) is 36.4 Å². The summed E-state index contributed by atoms with van der Waals surface area (Å²) in [4.78, 5) is 16.0. The van der Waals surface area contributed by atoms with E-state index in [0.717, 1.165) is 95.0 Å². The summed E-state index contributed by atoms with van der Waals surface area (Å²) >= 11 is 0. The molecule has 0 N–H and O–H groups in total. The maximum atomic E-state index is 6.60. The minimum Gasteiger partial charge on any atom is -0.455 e. The first-order valence-corrected chi connectivity index (χ1v) is 22.9. The van der Waals surface area contributed by atoms with Crippen molar-refractivity contribution >= 4 is 54.6 Å². The SMILES string of the molecule is c1ccc2cc(-c3cc(-c4ccc(C56CC7CC(CC(C7)C5)C6)cc4)cc(-c4nc(-c5cccc6c5oc5ccccc56)nc(-c5cccc6c5oc5ccccc56)n4)c3)ccc2c1. The number of para-hydroxylation sites is 4. The number of furan rings is 2. The third kappa shape index (κ3) is 5.73. The Morgan fingerprint density at radius 3 is 1.47 bits per heavy atom. The maximum Gasteiger partial charge on any atom is 0.167 e. The first-order valence-electron chi connectivity index (χ1n) is 22.9. The van der Waals surface area contributed by atoms with Crippen LogP contribution in [0.5, 0.6) is 0 Å². The molecular weight excluding hydrogens is 783 g/mol. The molecule has 0 amide bonds. The van der Waals surface area contributed by atoms with Crippen molar-refractivity contribution in [1.29, 1.82) is 0 Å². The monoisotopic (exact) mass is 825 g/mol. The summed E-state index contributed by atoms with van der Waals surface area (Å²) in [7, 11) is 0. The van der Waals surface area contributed by atoms with Crippen molar-refractivity contribution in [3.05, 3.63) is 175 Å². The molecule has 8 aromatic carbocycles. The highest BCUT2D eigenvalue weighted by Crippen LogP contribution is 2.61. The second-order valence-electron chi connectivity index (χ2n) is 19.0. The van der Waals surface area contributed by atoms with E-state index >= 15 is 0 Å². The van der Waals surface area contributed by atoms with Gasteiger partial charge in [0.25, 0.3) is 0 Å². The number of hydrogen-bond acceptors (Lipinski definition) is 5. The Bertz CT molecular complexity index is 3500. The van der Waals surface area contributed by atoms with Crippen LogP contribution < -0.4 is 0 Å². The summed E-state index contributed by atoms with van der Waals surface area (Å²) in [5.74, 6) is 4.36. The number of fused-ring (bicyclic) bond motifs is 7. The number of hydrogen-bond donors (Lipinski definition) is 0. The number of benzene rings is 8. The van der Waals surface area contributed by atoms with Gasteiger partial charge < -0.3 is 8.83 Å². The Hall–Kier alpha value is -7.37. The quantitative estimate of drug-likeness (QED) is 0.167. The van der Waals surface area contributed by atoms with E-state index < -0.39 is 0 Å². The van der Waals surface area contributed by atoms with Gasteiger partial charge in [0.15, 0.2) is 17.5 Å². The van der Waals surface area contributed by atoms with Crippen LogP contribution in [0, 0.1) is 17.8 Å². The molecule has 5 nitrogen and oxygen atoms in total. The van der Waals surface area contributed by atoms with Crippen molar-refractivity contribution in [2.24, 2.45) is 17.8 Å². The molecule has 0 atom stereocenters. The first kappa shape index (κ1) is 36.1. The topological polar surface area (TPSA) is 65.0 Å². The highest BCUT2D eigenvalue weighted by molar-refractivity contribution is 6.10. The fourth-order valence-corrected chi connectivity index (χ4v) is 12.5. The first-order chi connectivity index (χ1) is 31.6. The van der Waals surface area contributed by atoms with E-state index in [1.165, 1.54) is 60.4 Å². The molecule has 4 aliphatic rings. The zero-order chi connectivity index (χ0) is 41.9. The Morgan fingerprint density at radius 1 is 0.375 bits per heavy atom. The van der Waals surface area contributed by atoms with Gasteiger partial charge in [-0.3, -0.25) is 0 Å². The lowest BCUT2D eigenvalue weighted by atomic mass is 9.48. The molecule has 4 aliphatic carbocycles. The predicted molar refractivity (Wildman–Crippen MR) is 259 cm³/mol. The molecule has 0 saturated heterocycles. The van der Waals surface area contributed by atoms with Gasteiger partial charge in [0.1, 0.15) is 22.3 Å². The third-order valence-electron chi connectivity index (χ3n) is 15.1. The lowest BCUT2D eigenvalue weighted by molar-refractivity contribution is -0.00518. The lowest BCUT2D eigenvalue weighted by Gasteiger charge is -2.57. The highest BCUT2D eigenvalue weighted by Gasteiger charge is 2.51. The molecule has 4 saturated carbocycles. The largest absolute Gasteiger partial charge is 0.455 e. The van der Waals surface area contributed by atoms with Crippen LogP contribution in [0.15, 0.2) is 179 Å². The van der Waals surface area contributed by atoms with Gasteiger partial charge in [0, 0.05) is 27.1 Å². The standard InChI is InChI=1S/C59H43N3O2/c1-2-10-40-28-41(20-19-38(40)9-1)43-29-42(39-21-23-45(24-22-39)59-32-35-25-36(33-59)27-37(26-35)34-59)30-44(31-43)56-60-57(50-15-7-13-48-46-11-3-5-17-52(46)63-54(48)50)62-58(61-56)51-16-8-14-49-47-12-4-6-18-53(47)64-55(49)51/h1-24,28-31,35-37H,25-27,32-34H2. The Balaban J connectivity index is 0.978. The normalized spacial score (nSPS) is 20.3. The number of rotatable bonds is 6. The molecule has 4 bridgehead atoms. The van der Waals surface area contributed by atoms with Gasteiger partial charge in [-0.05, 0) is 149 Å². The summed E-state index contributed by atoms with van der Waals surface area (Å²) < 4.78 is 13.2. The van der Waals surface area contributed by atoms with Gasteiger partial charge in [-0.25, -0.2) is 15.0 Å². The van der Waals surface area contributed by atoms with E-state index in [0.29, 0.717) is 22.9 Å². The smallest absolute Gasteiger partial charge is 0.167 e. The summed E-state index contributed by atoms with van der Waals surface area (Å²) in [6.07, 6.45) is 8.41. The fraction of sp³-hybridized carbons (Fsp3) is 0.169. The number of nitrogens with zero attached hydrogens (tertiary/aromatic N) is 3. The van der Waals surface area contributed by atoms with Crippen molar-refractivity contribution in [3.8, 4) is 56.4 Å². The van der Waals surface area contributed by atoms with Gasteiger partial charge in [-0.2, -0.15) is 0 Å². The summed E-state index contributed by atoms with van der Waals surface area (Å²) in [6, 6.07) is 60.6.